The van der Waals surface area contributed by atoms with Gasteiger partial charge in [-0.2, -0.15) is 0 Å². The zero-order valence-corrected chi connectivity index (χ0v) is 10.9. The summed E-state index contributed by atoms with van der Waals surface area (Å²) in [6, 6.07) is 8.54. The van der Waals surface area contributed by atoms with Crippen molar-refractivity contribution < 1.29 is 9.47 Å². The summed E-state index contributed by atoms with van der Waals surface area (Å²) in [5, 5.41) is 3.36. The van der Waals surface area contributed by atoms with Gasteiger partial charge in [-0.1, -0.05) is 29.8 Å². The van der Waals surface area contributed by atoms with Gasteiger partial charge in [0.2, 0.25) is 0 Å². The maximum atomic E-state index is 5.45. The second-order valence-electron chi connectivity index (χ2n) is 4.12. The second-order valence-corrected chi connectivity index (χ2v) is 4.12. The summed E-state index contributed by atoms with van der Waals surface area (Å²) >= 11 is 0. The standard InChI is InChI=1S/C14H23NO2/c1-13-5-3-6-14(11-13)12-15-7-10-17-9-4-8-16-2/h3,5-6,11,15H,4,7-10,12H2,1-2H3. The van der Waals surface area contributed by atoms with Crippen molar-refractivity contribution in [3.8, 4) is 0 Å². The van der Waals surface area contributed by atoms with E-state index < -0.39 is 0 Å². The van der Waals surface area contributed by atoms with Gasteiger partial charge in [-0.3, -0.25) is 0 Å². The second kappa shape index (κ2) is 9.16. The zero-order chi connectivity index (χ0) is 12.3. The van der Waals surface area contributed by atoms with Crippen LogP contribution in [0.2, 0.25) is 0 Å². The molecule has 0 aromatic heterocycles. The van der Waals surface area contributed by atoms with Crippen molar-refractivity contribution in [2.45, 2.75) is 19.9 Å². The molecule has 0 aliphatic rings. The smallest absolute Gasteiger partial charge is 0.0591 e. The fourth-order valence-electron chi connectivity index (χ4n) is 1.61. The molecular formula is C14H23NO2. The van der Waals surface area contributed by atoms with Crippen LogP contribution < -0.4 is 5.32 Å². The normalized spacial score (nSPS) is 10.7. The first-order valence-electron chi connectivity index (χ1n) is 6.16. The molecule has 96 valence electrons. The van der Waals surface area contributed by atoms with Crippen molar-refractivity contribution >= 4 is 0 Å². The minimum atomic E-state index is 0.759. The molecule has 1 rings (SSSR count). The molecule has 0 atom stereocenters. The van der Waals surface area contributed by atoms with Gasteiger partial charge in [-0.15, -0.1) is 0 Å². The van der Waals surface area contributed by atoms with Gasteiger partial charge < -0.3 is 14.8 Å². The Bertz CT molecular complexity index is 302. The summed E-state index contributed by atoms with van der Waals surface area (Å²) in [7, 11) is 1.71. The molecule has 0 fully saturated rings. The van der Waals surface area contributed by atoms with Crippen LogP contribution in [0.5, 0.6) is 0 Å². The summed E-state index contributed by atoms with van der Waals surface area (Å²) in [4.78, 5) is 0. The molecule has 1 aromatic rings. The molecule has 3 nitrogen and oxygen atoms in total. The van der Waals surface area contributed by atoms with E-state index in [2.05, 4.69) is 36.5 Å². The first-order valence-corrected chi connectivity index (χ1v) is 6.16. The fourth-order valence-corrected chi connectivity index (χ4v) is 1.61. The number of nitrogens with one attached hydrogen (secondary N) is 1. The van der Waals surface area contributed by atoms with Gasteiger partial charge in [0.05, 0.1) is 6.61 Å². The maximum absolute atomic E-state index is 5.45. The van der Waals surface area contributed by atoms with Gasteiger partial charge in [0.15, 0.2) is 0 Å². The molecule has 0 aliphatic heterocycles. The van der Waals surface area contributed by atoms with Crippen LogP contribution in [-0.2, 0) is 16.0 Å². The summed E-state index contributed by atoms with van der Waals surface area (Å²) in [5.41, 5.74) is 2.63. The summed E-state index contributed by atoms with van der Waals surface area (Å²) < 4.78 is 10.4. The molecule has 1 aromatic carbocycles. The van der Waals surface area contributed by atoms with E-state index in [0.717, 1.165) is 39.3 Å². The number of aryl methyl sites for hydroxylation is 1. The Labute approximate surface area is 104 Å². The van der Waals surface area contributed by atoms with Crippen LogP contribution in [-0.4, -0.2) is 33.5 Å². The molecule has 0 unspecified atom stereocenters. The van der Waals surface area contributed by atoms with Gasteiger partial charge in [0.1, 0.15) is 0 Å². The largest absolute Gasteiger partial charge is 0.385 e. The SMILES string of the molecule is COCCCOCCNCc1cccc(C)c1. The van der Waals surface area contributed by atoms with Crippen LogP contribution in [0.3, 0.4) is 0 Å². The lowest BCUT2D eigenvalue weighted by Gasteiger charge is -2.06. The van der Waals surface area contributed by atoms with Crippen LogP contribution in [0.1, 0.15) is 17.5 Å². The average molecular weight is 237 g/mol. The highest BCUT2D eigenvalue weighted by atomic mass is 16.5. The summed E-state index contributed by atoms with van der Waals surface area (Å²) in [6.45, 7) is 6.22. The predicted molar refractivity (Wildman–Crippen MR) is 70.2 cm³/mol. The lowest BCUT2D eigenvalue weighted by molar-refractivity contribution is 0.104. The number of ether oxygens (including phenoxy) is 2. The van der Waals surface area contributed by atoms with Crippen LogP contribution in [0.25, 0.3) is 0 Å². The lowest BCUT2D eigenvalue weighted by Crippen LogP contribution is -2.19. The van der Waals surface area contributed by atoms with Crippen molar-refractivity contribution in [2.75, 3.05) is 33.5 Å². The molecule has 0 bridgehead atoms. The van der Waals surface area contributed by atoms with E-state index in [1.165, 1.54) is 11.1 Å². The number of hydrogen-bond donors (Lipinski definition) is 1. The van der Waals surface area contributed by atoms with Gasteiger partial charge in [0.25, 0.3) is 0 Å². The Kier molecular flexibility index (Phi) is 7.63. The van der Waals surface area contributed by atoms with Gasteiger partial charge >= 0.3 is 0 Å². The molecule has 0 spiro atoms. The van der Waals surface area contributed by atoms with E-state index in [-0.39, 0.29) is 0 Å². The zero-order valence-electron chi connectivity index (χ0n) is 10.9. The molecule has 1 N–H and O–H groups in total. The molecule has 0 heterocycles. The molecular weight excluding hydrogens is 214 g/mol. The highest BCUT2D eigenvalue weighted by Gasteiger charge is 1.93. The Balaban J connectivity index is 1.97. The first kappa shape index (κ1) is 14.2. The van der Waals surface area contributed by atoms with Crippen LogP contribution in [0.4, 0.5) is 0 Å². The van der Waals surface area contributed by atoms with Crippen molar-refractivity contribution in [1.82, 2.24) is 5.32 Å². The summed E-state index contributed by atoms with van der Waals surface area (Å²) in [6.07, 6.45) is 0.967. The minimum Gasteiger partial charge on any atom is -0.385 e. The topological polar surface area (TPSA) is 30.5 Å². The quantitative estimate of drug-likeness (QED) is 0.667. The number of rotatable bonds is 9. The van der Waals surface area contributed by atoms with Crippen molar-refractivity contribution in [3.05, 3.63) is 35.4 Å². The van der Waals surface area contributed by atoms with Gasteiger partial charge in [-0.05, 0) is 18.9 Å². The van der Waals surface area contributed by atoms with E-state index in [0.29, 0.717) is 0 Å². The molecule has 0 amide bonds. The monoisotopic (exact) mass is 237 g/mol. The van der Waals surface area contributed by atoms with E-state index in [4.69, 9.17) is 9.47 Å². The van der Waals surface area contributed by atoms with Crippen molar-refractivity contribution in [1.29, 1.82) is 0 Å². The average Bonchev–Trinajstić information content (AvgIpc) is 2.33. The molecule has 3 heteroatoms. The third-order valence-corrected chi connectivity index (χ3v) is 2.47. The third-order valence-electron chi connectivity index (χ3n) is 2.47. The maximum Gasteiger partial charge on any atom is 0.0591 e. The Morgan fingerprint density at radius 3 is 2.82 bits per heavy atom. The minimum absolute atomic E-state index is 0.759. The van der Waals surface area contributed by atoms with E-state index >= 15 is 0 Å². The van der Waals surface area contributed by atoms with Crippen LogP contribution in [0, 0.1) is 6.92 Å². The number of benzene rings is 1. The van der Waals surface area contributed by atoms with E-state index in [1.807, 2.05) is 0 Å². The third kappa shape index (κ3) is 7.10. The lowest BCUT2D eigenvalue weighted by atomic mass is 10.1. The Hall–Kier alpha value is -0.900. The highest BCUT2D eigenvalue weighted by molar-refractivity contribution is 5.21. The summed E-state index contributed by atoms with van der Waals surface area (Å²) in [5.74, 6) is 0. The highest BCUT2D eigenvalue weighted by Crippen LogP contribution is 2.02. The van der Waals surface area contributed by atoms with Crippen LogP contribution >= 0.6 is 0 Å². The molecule has 0 saturated carbocycles. The molecule has 0 aliphatic carbocycles. The van der Waals surface area contributed by atoms with Crippen LogP contribution in [0.15, 0.2) is 24.3 Å². The van der Waals surface area contributed by atoms with Crippen molar-refractivity contribution in [2.24, 2.45) is 0 Å². The predicted octanol–water partition coefficient (Wildman–Crippen LogP) is 2.14. The van der Waals surface area contributed by atoms with Gasteiger partial charge in [0, 0.05) is 33.4 Å². The van der Waals surface area contributed by atoms with Crippen molar-refractivity contribution in [3.63, 3.8) is 0 Å². The molecule has 17 heavy (non-hydrogen) atoms. The molecule has 0 saturated heterocycles. The van der Waals surface area contributed by atoms with E-state index in [9.17, 15) is 0 Å². The van der Waals surface area contributed by atoms with E-state index in [1.54, 1.807) is 7.11 Å². The Morgan fingerprint density at radius 2 is 2.06 bits per heavy atom. The molecule has 0 radical (unpaired) electrons. The fraction of sp³-hybridized carbons (Fsp3) is 0.571. The van der Waals surface area contributed by atoms with Gasteiger partial charge in [-0.25, -0.2) is 0 Å². The Morgan fingerprint density at radius 1 is 1.18 bits per heavy atom. The first-order chi connectivity index (χ1) is 8.33. The number of methoxy groups -OCH3 is 1. The number of hydrogen-bond acceptors (Lipinski definition) is 3.